The highest BCUT2D eigenvalue weighted by molar-refractivity contribution is 6.05. The van der Waals surface area contributed by atoms with Gasteiger partial charge in [-0.05, 0) is 74.4 Å². The highest BCUT2D eigenvalue weighted by Crippen LogP contribution is 2.40. The topological polar surface area (TPSA) is 6.25 Å². The van der Waals surface area contributed by atoms with Gasteiger partial charge in [-0.25, -0.2) is 0 Å². The first-order valence-corrected chi connectivity index (χ1v) is 10.4. The third kappa shape index (κ3) is 2.57. The Labute approximate surface area is 162 Å². The van der Waals surface area contributed by atoms with Crippen molar-refractivity contribution in [3.8, 4) is 0 Å². The van der Waals surface area contributed by atoms with Gasteiger partial charge in [-0.1, -0.05) is 18.2 Å². The molecule has 0 bridgehead atoms. The van der Waals surface area contributed by atoms with Crippen LogP contribution in [0.2, 0.25) is 0 Å². The van der Waals surface area contributed by atoms with Crippen LogP contribution in [0, 0.1) is 0 Å². The third-order valence-electron chi connectivity index (χ3n) is 6.73. The monoisotopic (exact) mass is 357 g/mol. The second-order valence-electron chi connectivity index (χ2n) is 8.80. The molecule has 3 heterocycles. The van der Waals surface area contributed by atoms with E-state index < -0.39 is 0 Å². The first-order valence-electron chi connectivity index (χ1n) is 10.4. The van der Waals surface area contributed by atoms with Crippen LogP contribution in [0.3, 0.4) is 0 Å². The van der Waals surface area contributed by atoms with E-state index in [9.17, 15) is 0 Å². The van der Waals surface area contributed by atoms with Gasteiger partial charge >= 0.3 is 0 Å². The predicted octanol–water partition coefficient (Wildman–Crippen LogP) is 5.10. The zero-order chi connectivity index (χ0) is 18.6. The number of aryl methyl sites for hydroxylation is 2. The third-order valence-corrected chi connectivity index (χ3v) is 6.73. The Bertz CT molecular complexity index is 947. The van der Waals surface area contributed by atoms with E-state index in [-0.39, 0.29) is 5.41 Å². The molecule has 0 atom stereocenters. The van der Waals surface area contributed by atoms with Crippen LogP contribution in [-0.4, -0.2) is 30.4 Å². The van der Waals surface area contributed by atoms with E-state index in [0.717, 1.165) is 0 Å². The van der Waals surface area contributed by atoms with Crippen molar-refractivity contribution in [3.63, 3.8) is 0 Å². The molecule has 2 nitrogen and oxygen atoms in total. The van der Waals surface area contributed by atoms with Crippen molar-refractivity contribution < 1.29 is 4.58 Å². The average Bonchev–Trinajstić information content (AvgIpc) is 2.87. The molecule has 5 rings (SSSR count). The lowest BCUT2D eigenvalue weighted by molar-refractivity contribution is -0.401. The van der Waals surface area contributed by atoms with Gasteiger partial charge < -0.3 is 4.90 Å². The van der Waals surface area contributed by atoms with E-state index in [1.165, 1.54) is 61.3 Å². The highest BCUT2D eigenvalue weighted by Gasteiger charge is 2.42. The Hall–Kier alpha value is -2.35. The molecule has 0 unspecified atom stereocenters. The number of anilines is 1. The normalized spacial score (nSPS) is 20.2. The molecule has 2 heteroatoms. The van der Waals surface area contributed by atoms with E-state index in [1.54, 1.807) is 16.8 Å². The van der Waals surface area contributed by atoms with Gasteiger partial charge in [0.05, 0.1) is 5.41 Å². The van der Waals surface area contributed by atoms with Crippen molar-refractivity contribution >= 4 is 23.2 Å². The average molecular weight is 358 g/mol. The molecule has 0 saturated heterocycles. The molecule has 0 N–H and O–H groups in total. The molecule has 2 aromatic rings. The zero-order valence-corrected chi connectivity index (χ0v) is 16.8. The van der Waals surface area contributed by atoms with Gasteiger partial charge in [0.1, 0.15) is 7.05 Å². The highest BCUT2D eigenvalue weighted by atomic mass is 15.1. The predicted molar refractivity (Wildman–Crippen MR) is 115 cm³/mol. The van der Waals surface area contributed by atoms with Crippen molar-refractivity contribution in [1.29, 1.82) is 0 Å². The molecule has 0 radical (unpaired) electrons. The molecule has 27 heavy (non-hydrogen) atoms. The van der Waals surface area contributed by atoms with Crippen LogP contribution in [0.5, 0.6) is 0 Å². The number of hydrogen-bond donors (Lipinski definition) is 0. The summed E-state index contributed by atoms with van der Waals surface area (Å²) in [5.41, 5.74) is 10.2. The quantitative estimate of drug-likeness (QED) is 0.677. The maximum Gasteiger partial charge on any atom is 0.209 e. The van der Waals surface area contributed by atoms with Crippen molar-refractivity contribution in [2.75, 3.05) is 25.0 Å². The molecular formula is C25H29N2+. The maximum atomic E-state index is 2.62. The van der Waals surface area contributed by atoms with Crippen LogP contribution in [0.15, 0.2) is 42.5 Å². The molecule has 2 aromatic carbocycles. The Morgan fingerprint density at radius 1 is 0.963 bits per heavy atom. The lowest BCUT2D eigenvalue weighted by Gasteiger charge is -2.37. The molecule has 138 valence electrons. The molecule has 3 aliphatic heterocycles. The smallest absolute Gasteiger partial charge is 0.209 e. The summed E-state index contributed by atoms with van der Waals surface area (Å²) < 4.78 is 2.36. The van der Waals surface area contributed by atoms with E-state index >= 15 is 0 Å². The van der Waals surface area contributed by atoms with E-state index in [4.69, 9.17) is 0 Å². The van der Waals surface area contributed by atoms with E-state index in [1.807, 2.05) is 0 Å². The largest absolute Gasteiger partial charge is 0.371 e. The van der Waals surface area contributed by atoms with Crippen LogP contribution in [0.25, 0.3) is 6.08 Å². The first-order chi connectivity index (χ1) is 13.1. The van der Waals surface area contributed by atoms with Gasteiger partial charge in [0.25, 0.3) is 0 Å². The number of hydrogen-bond acceptors (Lipinski definition) is 1. The van der Waals surface area contributed by atoms with Crippen LogP contribution >= 0.6 is 0 Å². The number of allylic oxidation sites excluding steroid dienone is 1. The first kappa shape index (κ1) is 16.8. The minimum Gasteiger partial charge on any atom is -0.371 e. The van der Waals surface area contributed by atoms with Crippen LogP contribution < -0.4 is 4.90 Å². The summed E-state index contributed by atoms with van der Waals surface area (Å²) in [6.07, 6.45) is 9.73. The second kappa shape index (κ2) is 6.09. The molecule has 0 saturated carbocycles. The number of fused-ring (bicyclic) bond motifs is 1. The maximum absolute atomic E-state index is 2.62. The minimum absolute atomic E-state index is 0.0428. The van der Waals surface area contributed by atoms with Crippen molar-refractivity contribution in [2.45, 2.75) is 44.9 Å². The summed E-state index contributed by atoms with van der Waals surface area (Å²) in [6.45, 7) is 7.15. The van der Waals surface area contributed by atoms with Crippen molar-refractivity contribution in [2.24, 2.45) is 0 Å². The molecule has 3 aliphatic rings. The Morgan fingerprint density at radius 3 is 2.30 bits per heavy atom. The summed E-state index contributed by atoms with van der Waals surface area (Å²) in [5.74, 6) is 0. The van der Waals surface area contributed by atoms with Gasteiger partial charge in [0.15, 0.2) is 5.71 Å². The fourth-order valence-electron chi connectivity index (χ4n) is 5.40. The van der Waals surface area contributed by atoms with Gasteiger partial charge in [-0.15, -0.1) is 0 Å². The summed E-state index contributed by atoms with van der Waals surface area (Å²) in [4.78, 5) is 2.62. The van der Waals surface area contributed by atoms with Crippen molar-refractivity contribution in [3.05, 3.63) is 64.7 Å². The van der Waals surface area contributed by atoms with Gasteiger partial charge in [-0.2, -0.15) is 4.58 Å². The fourth-order valence-corrected chi connectivity index (χ4v) is 5.40. The summed E-state index contributed by atoms with van der Waals surface area (Å²) in [7, 11) is 2.20. The molecule has 0 fully saturated rings. The SMILES string of the molecule is C[N+]1=C(/C=C/c2cc3c4c(c2)CCCN4CCC3)C(C)(C)c2ccccc21. The molecular weight excluding hydrogens is 328 g/mol. The Balaban J connectivity index is 1.53. The fraction of sp³-hybridized carbons (Fsp3) is 0.400. The van der Waals surface area contributed by atoms with Gasteiger partial charge in [-0.3, -0.25) is 0 Å². The van der Waals surface area contributed by atoms with Gasteiger partial charge in [0, 0.05) is 36.5 Å². The molecule has 0 amide bonds. The number of benzene rings is 2. The summed E-state index contributed by atoms with van der Waals surface area (Å²) >= 11 is 0. The number of para-hydroxylation sites is 1. The number of nitrogens with zero attached hydrogens (tertiary/aromatic N) is 2. The molecule has 0 aliphatic carbocycles. The summed E-state index contributed by atoms with van der Waals surface area (Å²) in [6, 6.07) is 13.7. The Morgan fingerprint density at radius 2 is 1.63 bits per heavy atom. The zero-order valence-electron chi connectivity index (χ0n) is 16.8. The van der Waals surface area contributed by atoms with Crippen LogP contribution in [0.1, 0.15) is 48.9 Å². The minimum atomic E-state index is 0.0428. The van der Waals surface area contributed by atoms with Gasteiger partial charge in [0.2, 0.25) is 5.69 Å². The van der Waals surface area contributed by atoms with Crippen LogP contribution in [-0.2, 0) is 18.3 Å². The number of rotatable bonds is 2. The standard InChI is InChI=1S/C25H29N2/c1-25(2)21-10-4-5-11-22(21)26(3)23(25)13-12-18-16-19-8-6-14-27-15-7-9-20(17-18)24(19)27/h4-5,10-13,16-17H,6-9,14-15H2,1-3H3/q+1. The lowest BCUT2D eigenvalue weighted by Crippen LogP contribution is -2.34. The summed E-state index contributed by atoms with van der Waals surface area (Å²) in [5, 5.41) is 0. The van der Waals surface area contributed by atoms with Crippen LogP contribution in [0.4, 0.5) is 11.4 Å². The van der Waals surface area contributed by atoms with E-state index in [0.29, 0.717) is 0 Å². The molecule has 0 aromatic heterocycles. The second-order valence-corrected chi connectivity index (χ2v) is 8.80. The lowest BCUT2D eigenvalue weighted by atomic mass is 9.81. The Kier molecular flexibility index (Phi) is 3.79. The molecule has 0 spiro atoms. The van der Waals surface area contributed by atoms with E-state index in [2.05, 4.69) is 78.9 Å². The van der Waals surface area contributed by atoms with Crippen molar-refractivity contribution in [1.82, 2.24) is 0 Å².